The fourth-order valence-electron chi connectivity index (χ4n) is 3.85. The Morgan fingerprint density at radius 3 is 2.75 bits per heavy atom. The predicted molar refractivity (Wildman–Crippen MR) is 110 cm³/mol. The third-order valence-corrected chi connectivity index (χ3v) is 5.88. The minimum Gasteiger partial charge on any atom is -0.478 e. The second kappa shape index (κ2) is 11.2. The van der Waals surface area contributed by atoms with Gasteiger partial charge in [0.05, 0.1) is 6.10 Å². The topological polar surface area (TPSA) is 74.6 Å². The number of carbonyl (C=O) groups is 2. The summed E-state index contributed by atoms with van der Waals surface area (Å²) in [4.78, 5) is 22.8. The van der Waals surface area contributed by atoms with Crippen LogP contribution in [0.15, 0.2) is 24.3 Å². The summed E-state index contributed by atoms with van der Waals surface area (Å²) in [7, 11) is 0. The zero-order valence-corrected chi connectivity index (χ0v) is 17.1. The van der Waals surface area contributed by atoms with Crippen molar-refractivity contribution < 1.29 is 19.8 Å². The van der Waals surface area contributed by atoms with E-state index in [1.807, 2.05) is 13.0 Å². The molecule has 0 unspecified atom stereocenters. The summed E-state index contributed by atoms with van der Waals surface area (Å²) in [6.45, 7) is 4.13. The summed E-state index contributed by atoms with van der Waals surface area (Å²) in [5.74, 6) is 7.01. The Hall–Kier alpha value is -1.86. The standard InChI is InChI=1S/C24H34O4/c1-17(8-7-9-19-12-13-19)22(25)15-14-20-18(2)16-23(26)21(20)10-5-3-4-6-11-24(27)28/h6,11,14-15,17-22,25H,3-5,8,10,12-13,16H2,1-2H3,(H,27,28)/b11-6+,15-14+/t17-,18+,20-,21+,22+/m0/s1. The average Bonchev–Trinajstić information content (AvgIpc) is 3.41. The average molecular weight is 387 g/mol. The van der Waals surface area contributed by atoms with Crippen molar-refractivity contribution in [1.82, 2.24) is 0 Å². The van der Waals surface area contributed by atoms with Gasteiger partial charge < -0.3 is 10.2 Å². The lowest BCUT2D eigenvalue weighted by atomic mass is 9.85. The number of allylic oxidation sites excluding steroid dienone is 2. The number of carbonyl (C=O) groups excluding carboxylic acids is 1. The fraction of sp³-hybridized carbons (Fsp3) is 0.667. The van der Waals surface area contributed by atoms with Crippen molar-refractivity contribution in [3.05, 3.63) is 24.3 Å². The summed E-state index contributed by atoms with van der Waals surface area (Å²) < 4.78 is 0. The Morgan fingerprint density at radius 1 is 1.32 bits per heavy atom. The molecule has 2 aliphatic carbocycles. The highest BCUT2D eigenvalue weighted by Crippen LogP contribution is 2.38. The van der Waals surface area contributed by atoms with Gasteiger partial charge in [-0.2, -0.15) is 0 Å². The summed E-state index contributed by atoms with van der Waals surface area (Å²) >= 11 is 0. The van der Waals surface area contributed by atoms with Crippen LogP contribution in [0, 0.1) is 41.4 Å². The summed E-state index contributed by atoms with van der Waals surface area (Å²) in [5, 5.41) is 19.0. The van der Waals surface area contributed by atoms with E-state index in [1.54, 1.807) is 6.08 Å². The second-order valence-electron chi connectivity index (χ2n) is 8.51. The number of unbranched alkanes of at least 4 members (excludes halogenated alkanes) is 2. The van der Waals surface area contributed by atoms with Gasteiger partial charge in [0.25, 0.3) is 0 Å². The van der Waals surface area contributed by atoms with E-state index < -0.39 is 12.1 Å². The third kappa shape index (κ3) is 7.64. The molecule has 2 rings (SSSR count). The van der Waals surface area contributed by atoms with E-state index in [0.29, 0.717) is 30.5 Å². The molecule has 2 saturated carbocycles. The van der Waals surface area contributed by atoms with Gasteiger partial charge in [-0.3, -0.25) is 4.79 Å². The second-order valence-corrected chi connectivity index (χ2v) is 8.51. The van der Waals surface area contributed by atoms with Crippen LogP contribution in [0.25, 0.3) is 0 Å². The molecule has 0 heterocycles. The molecule has 0 saturated heterocycles. The number of carboxylic acids is 1. The van der Waals surface area contributed by atoms with Crippen LogP contribution in [-0.4, -0.2) is 28.1 Å². The normalized spacial score (nSPS) is 27.1. The molecule has 0 aromatic rings. The van der Waals surface area contributed by atoms with E-state index in [9.17, 15) is 14.7 Å². The summed E-state index contributed by atoms with van der Waals surface area (Å²) in [6, 6.07) is 0. The minimum atomic E-state index is -0.920. The SMILES string of the molecule is C[C@@H]1CC(=O)[C@H](CCCC/C=C/C(=O)O)[C@H]1/C=C/[C@@H](O)[C@@H](C)CC#CC1CC1. The molecular formula is C24H34O4. The van der Waals surface area contributed by atoms with Crippen LogP contribution in [0.4, 0.5) is 0 Å². The maximum absolute atomic E-state index is 12.4. The van der Waals surface area contributed by atoms with Gasteiger partial charge in [0.2, 0.25) is 0 Å². The molecular weight excluding hydrogens is 352 g/mol. The van der Waals surface area contributed by atoms with Crippen LogP contribution in [0.5, 0.6) is 0 Å². The number of aliphatic hydroxyl groups is 1. The number of hydrogen-bond acceptors (Lipinski definition) is 3. The first-order valence-electron chi connectivity index (χ1n) is 10.7. The number of aliphatic hydroxyl groups excluding tert-OH is 1. The maximum atomic E-state index is 12.4. The van der Waals surface area contributed by atoms with Crippen LogP contribution in [-0.2, 0) is 9.59 Å². The van der Waals surface area contributed by atoms with E-state index in [2.05, 4.69) is 24.8 Å². The molecule has 0 amide bonds. The van der Waals surface area contributed by atoms with E-state index >= 15 is 0 Å². The Kier molecular flexibility index (Phi) is 8.99. The van der Waals surface area contributed by atoms with Crippen molar-refractivity contribution in [3.63, 3.8) is 0 Å². The van der Waals surface area contributed by atoms with Crippen molar-refractivity contribution in [2.45, 2.75) is 71.3 Å². The number of carboxylic acid groups (broad SMARTS) is 1. The first kappa shape index (κ1) is 22.4. The summed E-state index contributed by atoms with van der Waals surface area (Å²) in [6.07, 6.45) is 13.3. The smallest absolute Gasteiger partial charge is 0.327 e. The highest BCUT2D eigenvalue weighted by atomic mass is 16.4. The Balaban J connectivity index is 1.81. The highest BCUT2D eigenvalue weighted by molar-refractivity contribution is 5.84. The first-order chi connectivity index (χ1) is 13.4. The minimum absolute atomic E-state index is 0.0202. The molecule has 2 fully saturated rings. The van der Waals surface area contributed by atoms with Crippen molar-refractivity contribution in [2.24, 2.45) is 29.6 Å². The van der Waals surface area contributed by atoms with Crippen LogP contribution >= 0.6 is 0 Å². The quantitative estimate of drug-likeness (QED) is 0.253. The van der Waals surface area contributed by atoms with Crippen LogP contribution in [0.1, 0.15) is 65.2 Å². The molecule has 0 aliphatic heterocycles. The number of ketones is 1. The third-order valence-electron chi connectivity index (χ3n) is 5.88. The maximum Gasteiger partial charge on any atom is 0.327 e. The number of hydrogen-bond donors (Lipinski definition) is 2. The monoisotopic (exact) mass is 386 g/mol. The Bertz CT molecular complexity index is 647. The first-order valence-corrected chi connectivity index (χ1v) is 10.7. The van der Waals surface area contributed by atoms with Gasteiger partial charge in [-0.1, -0.05) is 44.4 Å². The fourth-order valence-corrected chi connectivity index (χ4v) is 3.85. The van der Waals surface area contributed by atoms with Gasteiger partial charge in [0.1, 0.15) is 5.78 Å². The molecule has 0 spiro atoms. The molecule has 4 nitrogen and oxygen atoms in total. The molecule has 4 heteroatoms. The van der Waals surface area contributed by atoms with Crippen LogP contribution < -0.4 is 0 Å². The molecule has 2 N–H and O–H groups in total. The number of aliphatic carboxylic acids is 1. The molecule has 0 aromatic heterocycles. The lowest BCUT2D eigenvalue weighted by molar-refractivity contribution is -0.131. The zero-order chi connectivity index (χ0) is 20.5. The van der Waals surface area contributed by atoms with Gasteiger partial charge in [-0.25, -0.2) is 4.79 Å². The van der Waals surface area contributed by atoms with Gasteiger partial charge in [0, 0.05) is 30.8 Å². The molecule has 0 aromatic carbocycles. The zero-order valence-electron chi connectivity index (χ0n) is 17.1. The summed E-state index contributed by atoms with van der Waals surface area (Å²) in [5.41, 5.74) is 0. The lowest BCUT2D eigenvalue weighted by Gasteiger charge is -2.19. The number of rotatable bonds is 10. The molecule has 0 bridgehead atoms. The van der Waals surface area contributed by atoms with Crippen molar-refractivity contribution in [2.75, 3.05) is 0 Å². The van der Waals surface area contributed by atoms with Crippen LogP contribution in [0.3, 0.4) is 0 Å². The van der Waals surface area contributed by atoms with E-state index in [1.165, 1.54) is 18.9 Å². The molecule has 5 atom stereocenters. The van der Waals surface area contributed by atoms with Gasteiger partial charge >= 0.3 is 5.97 Å². The van der Waals surface area contributed by atoms with Crippen molar-refractivity contribution >= 4 is 11.8 Å². The molecule has 28 heavy (non-hydrogen) atoms. The van der Waals surface area contributed by atoms with Gasteiger partial charge in [-0.15, -0.1) is 5.92 Å². The van der Waals surface area contributed by atoms with E-state index in [-0.39, 0.29) is 17.8 Å². The largest absolute Gasteiger partial charge is 0.478 e. The molecule has 154 valence electrons. The van der Waals surface area contributed by atoms with E-state index in [4.69, 9.17) is 5.11 Å². The van der Waals surface area contributed by atoms with Crippen molar-refractivity contribution in [3.8, 4) is 11.8 Å². The predicted octanol–water partition coefficient (Wildman–Crippen LogP) is 4.39. The highest BCUT2D eigenvalue weighted by Gasteiger charge is 2.37. The molecule has 0 radical (unpaired) electrons. The molecule has 2 aliphatic rings. The van der Waals surface area contributed by atoms with E-state index in [0.717, 1.165) is 25.7 Å². The van der Waals surface area contributed by atoms with Gasteiger partial charge in [0.15, 0.2) is 0 Å². The Morgan fingerprint density at radius 2 is 2.07 bits per heavy atom. The van der Waals surface area contributed by atoms with Gasteiger partial charge in [-0.05, 0) is 49.9 Å². The van der Waals surface area contributed by atoms with Crippen LogP contribution in [0.2, 0.25) is 0 Å². The Labute approximate surface area is 169 Å². The van der Waals surface area contributed by atoms with Crippen molar-refractivity contribution in [1.29, 1.82) is 0 Å². The lowest BCUT2D eigenvalue weighted by Crippen LogP contribution is -2.18. The number of Topliss-reactive ketones (excluding diaryl/α,β-unsaturated/α-hetero) is 1.